The number of nitrogens with zero attached hydrogens (tertiary/aromatic N) is 2. The summed E-state index contributed by atoms with van der Waals surface area (Å²) in [7, 11) is 4.08. The van der Waals surface area contributed by atoms with Crippen LogP contribution in [0.2, 0.25) is 0 Å². The molecule has 0 aliphatic heterocycles. The first-order chi connectivity index (χ1) is 10.1. The van der Waals surface area contributed by atoms with Crippen LogP contribution in [0.3, 0.4) is 0 Å². The summed E-state index contributed by atoms with van der Waals surface area (Å²) in [6.45, 7) is 3.82. The Morgan fingerprint density at radius 3 is 2.81 bits per heavy atom. The lowest BCUT2D eigenvalue weighted by Crippen LogP contribution is -2.15. The van der Waals surface area contributed by atoms with Crippen molar-refractivity contribution < 1.29 is 14.3 Å². The summed E-state index contributed by atoms with van der Waals surface area (Å²) in [6, 6.07) is 7.65. The van der Waals surface area contributed by atoms with Crippen LogP contribution in [0.25, 0.3) is 0 Å². The van der Waals surface area contributed by atoms with Crippen LogP contribution in [0.15, 0.2) is 29.3 Å². The second-order valence-corrected chi connectivity index (χ2v) is 4.82. The molecule has 0 heterocycles. The topological polar surface area (TPSA) is 51.1 Å². The Balaban J connectivity index is 2.50. The van der Waals surface area contributed by atoms with Crippen molar-refractivity contribution in [2.45, 2.75) is 13.3 Å². The number of esters is 1. The van der Waals surface area contributed by atoms with Gasteiger partial charge in [-0.1, -0.05) is 12.1 Å². The molecule has 0 aliphatic rings. The molecule has 5 nitrogen and oxygen atoms in total. The lowest BCUT2D eigenvalue weighted by atomic mass is 10.2. The van der Waals surface area contributed by atoms with E-state index >= 15 is 0 Å². The van der Waals surface area contributed by atoms with Crippen LogP contribution in [0.4, 0.5) is 0 Å². The number of aliphatic imine (C=N–C) groups is 1. The maximum atomic E-state index is 11.2. The predicted octanol–water partition coefficient (Wildman–Crippen LogP) is 2.00. The fourth-order valence-electron chi connectivity index (χ4n) is 1.71. The molecule has 0 saturated carbocycles. The molecule has 0 unspecified atom stereocenters. The molecule has 0 amide bonds. The summed E-state index contributed by atoms with van der Waals surface area (Å²) in [5.41, 5.74) is 0.867. The monoisotopic (exact) mass is 292 g/mol. The Labute approximate surface area is 126 Å². The molecule has 0 fully saturated rings. The number of benzene rings is 1. The van der Waals surface area contributed by atoms with Gasteiger partial charge in [0.2, 0.25) is 0 Å². The molecule has 116 valence electrons. The molecule has 1 aromatic carbocycles. The van der Waals surface area contributed by atoms with E-state index in [0.29, 0.717) is 13.2 Å². The van der Waals surface area contributed by atoms with Crippen LogP contribution in [0, 0.1) is 0 Å². The maximum Gasteiger partial charge on any atom is 0.327 e. The SMILES string of the molecule is CCOC(=O)CN=Cc1ccccc1OCCCN(C)C. The minimum Gasteiger partial charge on any atom is -0.493 e. The fraction of sp³-hybridized carbons (Fsp3) is 0.500. The van der Waals surface area contributed by atoms with Gasteiger partial charge < -0.3 is 14.4 Å². The maximum absolute atomic E-state index is 11.2. The Kier molecular flexibility index (Phi) is 8.12. The number of carbonyl (C=O) groups excluding carboxylic acids is 1. The molecule has 1 aromatic rings. The van der Waals surface area contributed by atoms with Crippen molar-refractivity contribution in [1.29, 1.82) is 0 Å². The normalized spacial score (nSPS) is 11.0. The van der Waals surface area contributed by atoms with Crippen molar-refractivity contribution in [2.24, 2.45) is 4.99 Å². The minimum atomic E-state index is -0.321. The molecule has 0 atom stereocenters. The second-order valence-electron chi connectivity index (χ2n) is 4.82. The number of hydrogen-bond acceptors (Lipinski definition) is 5. The number of para-hydroxylation sites is 1. The van der Waals surface area contributed by atoms with E-state index in [4.69, 9.17) is 9.47 Å². The van der Waals surface area contributed by atoms with Crippen LogP contribution in [0.5, 0.6) is 5.75 Å². The number of carbonyl (C=O) groups is 1. The largest absolute Gasteiger partial charge is 0.493 e. The van der Waals surface area contributed by atoms with Crippen molar-refractivity contribution in [3.8, 4) is 5.75 Å². The van der Waals surface area contributed by atoms with E-state index < -0.39 is 0 Å². The zero-order chi connectivity index (χ0) is 15.5. The second kappa shape index (κ2) is 9.94. The van der Waals surface area contributed by atoms with E-state index in [1.54, 1.807) is 13.1 Å². The van der Waals surface area contributed by atoms with Gasteiger partial charge in [-0.3, -0.25) is 9.79 Å². The Bertz CT molecular complexity index is 459. The van der Waals surface area contributed by atoms with Crippen LogP contribution in [-0.2, 0) is 9.53 Å². The van der Waals surface area contributed by atoms with Gasteiger partial charge in [0, 0.05) is 18.3 Å². The molecule has 0 aromatic heterocycles. The lowest BCUT2D eigenvalue weighted by Gasteiger charge is -2.11. The van der Waals surface area contributed by atoms with Crippen LogP contribution < -0.4 is 4.74 Å². The molecule has 0 aliphatic carbocycles. The van der Waals surface area contributed by atoms with Gasteiger partial charge in [-0.25, -0.2) is 0 Å². The smallest absolute Gasteiger partial charge is 0.327 e. The summed E-state index contributed by atoms with van der Waals surface area (Å²) in [4.78, 5) is 17.4. The average molecular weight is 292 g/mol. The summed E-state index contributed by atoms with van der Waals surface area (Å²) in [5, 5.41) is 0. The molecule has 0 radical (unpaired) electrons. The van der Waals surface area contributed by atoms with Gasteiger partial charge in [0.1, 0.15) is 12.3 Å². The van der Waals surface area contributed by atoms with Gasteiger partial charge in [-0.2, -0.15) is 0 Å². The predicted molar refractivity (Wildman–Crippen MR) is 84.2 cm³/mol. The highest BCUT2D eigenvalue weighted by Crippen LogP contribution is 2.16. The summed E-state index contributed by atoms with van der Waals surface area (Å²) in [5.74, 6) is 0.460. The summed E-state index contributed by atoms with van der Waals surface area (Å²) >= 11 is 0. The molecule has 0 saturated heterocycles. The molecule has 1 rings (SSSR count). The van der Waals surface area contributed by atoms with Gasteiger partial charge in [0.05, 0.1) is 13.2 Å². The molecular weight excluding hydrogens is 268 g/mol. The van der Waals surface area contributed by atoms with E-state index in [2.05, 4.69) is 9.89 Å². The summed E-state index contributed by atoms with van der Waals surface area (Å²) < 4.78 is 10.6. The lowest BCUT2D eigenvalue weighted by molar-refractivity contribution is -0.141. The van der Waals surface area contributed by atoms with Crippen molar-refractivity contribution in [3.63, 3.8) is 0 Å². The van der Waals surface area contributed by atoms with Crippen molar-refractivity contribution >= 4 is 12.2 Å². The Hall–Kier alpha value is -1.88. The molecule has 21 heavy (non-hydrogen) atoms. The number of rotatable bonds is 9. The molecular formula is C16H24N2O3. The van der Waals surface area contributed by atoms with Crippen molar-refractivity contribution in [1.82, 2.24) is 4.90 Å². The number of ether oxygens (including phenoxy) is 2. The Morgan fingerprint density at radius 2 is 2.10 bits per heavy atom. The first kappa shape index (κ1) is 17.2. The van der Waals surface area contributed by atoms with E-state index in [-0.39, 0.29) is 12.5 Å². The van der Waals surface area contributed by atoms with E-state index in [1.165, 1.54) is 0 Å². The van der Waals surface area contributed by atoms with Gasteiger partial charge in [0.25, 0.3) is 0 Å². The van der Waals surface area contributed by atoms with Gasteiger partial charge in [-0.15, -0.1) is 0 Å². The third-order valence-corrected chi connectivity index (χ3v) is 2.68. The zero-order valence-electron chi connectivity index (χ0n) is 13.0. The minimum absolute atomic E-state index is 0.0306. The third-order valence-electron chi connectivity index (χ3n) is 2.68. The zero-order valence-corrected chi connectivity index (χ0v) is 13.0. The first-order valence-electron chi connectivity index (χ1n) is 7.15. The molecule has 5 heteroatoms. The highest BCUT2D eigenvalue weighted by Gasteiger charge is 2.02. The van der Waals surface area contributed by atoms with Gasteiger partial charge in [-0.05, 0) is 39.6 Å². The third kappa shape index (κ3) is 7.46. The summed E-state index contributed by atoms with van der Waals surface area (Å²) in [6.07, 6.45) is 2.61. The van der Waals surface area contributed by atoms with Crippen LogP contribution in [-0.4, -0.2) is 57.5 Å². The van der Waals surface area contributed by atoms with Crippen molar-refractivity contribution in [3.05, 3.63) is 29.8 Å². The van der Waals surface area contributed by atoms with Crippen LogP contribution in [0.1, 0.15) is 18.9 Å². The average Bonchev–Trinajstić information content (AvgIpc) is 2.45. The van der Waals surface area contributed by atoms with Crippen molar-refractivity contribution in [2.75, 3.05) is 40.4 Å². The van der Waals surface area contributed by atoms with E-state index in [9.17, 15) is 4.79 Å². The van der Waals surface area contributed by atoms with E-state index in [0.717, 1.165) is 24.3 Å². The highest BCUT2D eigenvalue weighted by atomic mass is 16.5. The molecule has 0 bridgehead atoms. The first-order valence-corrected chi connectivity index (χ1v) is 7.15. The highest BCUT2D eigenvalue weighted by molar-refractivity contribution is 5.85. The fourth-order valence-corrected chi connectivity index (χ4v) is 1.71. The van der Waals surface area contributed by atoms with Gasteiger partial charge >= 0.3 is 5.97 Å². The Morgan fingerprint density at radius 1 is 1.33 bits per heavy atom. The number of hydrogen-bond donors (Lipinski definition) is 0. The van der Waals surface area contributed by atoms with E-state index in [1.807, 2.05) is 38.4 Å². The standard InChI is InChI=1S/C16H24N2O3/c1-4-20-16(19)13-17-12-14-8-5-6-9-15(14)21-11-7-10-18(2)3/h5-6,8-9,12H,4,7,10-11,13H2,1-3H3. The quantitative estimate of drug-likeness (QED) is 0.397. The molecule has 0 N–H and O–H groups in total. The van der Waals surface area contributed by atoms with Crippen LogP contribution >= 0.6 is 0 Å². The van der Waals surface area contributed by atoms with Gasteiger partial charge in [0.15, 0.2) is 0 Å². The molecule has 0 spiro atoms.